The third-order valence-corrected chi connectivity index (χ3v) is 5.93. The van der Waals surface area contributed by atoms with Crippen molar-refractivity contribution < 1.29 is 18.4 Å². The number of hydrogen-bond acceptors (Lipinski definition) is 4. The van der Waals surface area contributed by atoms with Gasteiger partial charge in [0.05, 0.1) is 5.75 Å². The molecule has 2 aromatic rings. The van der Waals surface area contributed by atoms with Gasteiger partial charge in [-0.2, -0.15) is 4.31 Å². The Hall–Kier alpha value is -2.22. The fourth-order valence-electron chi connectivity index (χ4n) is 2.85. The predicted octanol–water partition coefficient (Wildman–Crippen LogP) is 1.69. The Morgan fingerprint density at radius 2 is 1.88 bits per heavy atom. The number of rotatable bonds is 4. The summed E-state index contributed by atoms with van der Waals surface area (Å²) >= 11 is 0. The van der Waals surface area contributed by atoms with Gasteiger partial charge < -0.3 is 0 Å². The van der Waals surface area contributed by atoms with Crippen LogP contribution in [0.3, 0.4) is 0 Å². The van der Waals surface area contributed by atoms with E-state index in [1.54, 1.807) is 35.8 Å². The number of carbonyl (C=O) groups excluding carboxylic acids is 1. The van der Waals surface area contributed by atoms with E-state index in [0.717, 1.165) is 16.7 Å². The molecule has 24 heavy (non-hydrogen) atoms. The van der Waals surface area contributed by atoms with Crippen molar-refractivity contribution in [3.8, 4) is 0 Å². The highest BCUT2D eigenvalue weighted by Crippen LogP contribution is 2.24. The molecule has 1 heterocycles. The fourth-order valence-corrected chi connectivity index (χ4v) is 4.35. The maximum absolute atomic E-state index is 12.6. The van der Waals surface area contributed by atoms with Crippen molar-refractivity contribution in [2.45, 2.75) is 18.7 Å². The molecule has 0 aliphatic carbocycles. The number of carbonyl (C=O) groups is 1. The summed E-state index contributed by atoms with van der Waals surface area (Å²) < 4.78 is 26.7. The van der Waals surface area contributed by atoms with Crippen molar-refractivity contribution in [3.05, 3.63) is 70.8 Å². The Balaban J connectivity index is 1.82. The molecule has 3 rings (SSSR count). The van der Waals surface area contributed by atoms with Crippen LogP contribution in [0.2, 0.25) is 0 Å². The van der Waals surface area contributed by atoms with Crippen LogP contribution in [0.5, 0.6) is 0 Å². The van der Waals surface area contributed by atoms with Crippen LogP contribution in [0, 0.1) is 0 Å². The van der Waals surface area contributed by atoms with E-state index < -0.39 is 15.9 Å². The summed E-state index contributed by atoms with van der Waals surface area (Å²) in [6, 6.07) is 14.1. The average molecular weight is 346 g/mol. The van der Waals surface area contributed by atoms with Gasteiger partial charge in [0.2, 0.25) is 10.0 Å². The van der Waals surface area contributed by atoms with Crippen LogP contribution in [0.1, 0.15) is 27.0 Å². The quantitative estimate of drug-likeness (QED) is 0.652. The summed E-state index contributed by atoms with van der Waals surface area (Å²) in [6.07, 6.45) is 0.602. The van der Waals surface area contributed by atoms with E-state index in [4.69, 9.17) is 5.21 Å². The second-order valence-corrected chi connectivity index (χ2v) is 7.72. The minimum atomic E-state index is -3.43. The summed E-state index contributed by atoms with van der Waals surface area (Å²) in [6.45, 7) is 0.657. The SMILES string of the molecule is O=C(NO)c1ccc2c(c1)CN(S(=O)(=O)Cc1ccccc1)CC2. The summed E-state index contributed by atoms with van der Waals surface area (Å²) in [5.41, 5.74) is 4.46. The molecule has 1 aliphatic heterocycles. The first-order valence-corrected chi connectivity index (χ1v) is 9.18. The van der Waals surface area contributed by atoms with Gasteiger partial charge in [0.15, 0.2) is 0 Å². The van der Waals surface area contributed by atoms with E-state index in [-0.39, 0.29) is 12.3 Å². The second-order valence-electron chi connectivity index (χ2n) is 5.75. The zero-order chi connectivity index (χ0) is 17.2. The van der Waals surface area contributed by atoms with Crippen LogP contribution >= 0.6 is 0 Å². The molecule has 0 fully saturated rings. The molecule has 0 bridgehead atoms. The zero-order valence-electron chi connectivity index (χ0n) is 13.0. The first-order valence-electron chi connectivity index (χ1n) is 7.57. The molecule has 6 nitrogen and oxygen atoms in total. The van der Waals surface area contributed by atoms with Gasteiger partial charge in [0.1, 0.15) is 0 Å². The summed E-state index contributed by atoms with van der Waals surface area (Å²) in [7, 11) is -3.43. The molecule has 1 amide bonds. The Kier molecular flexibility index (Phi) is 4.66. The molecular weight excluding hydrogens is 328 g/mol. The number of nitrogens with zero attached hydrogens (tertiary/aromatic N) is 1. The lowest BCUT2D eigenvalue weighted by Crippen LogP contribution is -2.37. The van der Waals surface area contributed by atoms with Crippen molar-refractivity contribution in [1.82, 2.24) is 9.79 Å². The largest absolute Gasteiger partial charge is 0.288 e. The number of hydrogen-bond donors (Lipinski definition) is 2. The molecule has 0 atom stereocenters. The lowest BCUT2D eigenvalue weighted by Gasteiger charge is -2.28. The van der Waals surface area contributed by atoms with Gasteiger partial charge in [-0.05, 0) is 35.2 Å². The Bertz CT molecular complexity index is 850. The highest BCUT2D eigenvalue weighted by molar-refractivity contribution is 7.88. The molecule has 1 aliphatic rings. The van der Waals surface area contributed by atoms with Crippen LogP contribution in [0.4, 0.5) is 0 Å². The van der Waals surface area contributed by atoms with E-state index in [9.17, 15) is 13.2 Å². The van der Waals surface area contributed by atoms with E-state index in [1.807, 2.05) is 18.2 Å². The highest BCUT2D eigenvalue weighted by atomic mass is 32.2. The Labute approximate surface area is 140 Å². The monoisotopic (exact) mass is 346 g/mol. The van der Waals surface area contributed by atoms with E-state index >= 15 is 0 Å². The van der Waals surface area contributed by atoms with Crippen LogP contribution in [-0.4, -0.2) is 30.4 Å². The van der Waals surface area contributed by atoms with Gasteiger partial charge in [-0.25, -0.2) is 13.9 Å². The van der Waals surface area contributed by atoms with E-state index in [0.29, 0.717) is 18.5 Å². The van der Waals surface area contributed by atoms with Crippen LogP contribution in [-0.2, 0) is 28.7 Å². The lowest BCUT2D eigenvalue weighted by molar-refractivity contribution is 0.0706. The minimum Gasteiger partial charge on any atom is -0.288 e. The van der Waals surface area contributed by atoms with Crippen LogP contribution in [0.15, 0.2) is 48.5 Å². The molecule has 0 saturated heterocycles. The van der Waals surface area contributed by atoms with Crippen LogP contribution in [0.25, 0.3) is 0 Å². The number of hydroxylamine groups is 1. The summed E-state index contributed by atoms with van der Waals surface area (Å²) in [5, 5.41) is 8.73. The molecule has 7 heteroatoms. The second kappa shape index (κ2) is 6.72. The number of sulfonamides is 1. The van der Waals surface area contributed by atoms with Gasteiger partial charge in [-0.3, -0.25) is 10.0 Å². The zero-order valence-corrected chi connectivity index (χ0v) is 13.8. The standard InChI is InChI=1S/C17H18N2O4S/c20-17(18-21)15-7-6-14-8-9-19(11-16(14)10-15)24(22,23)12-13-4-2-1-3-5-13/h1-7,10,21H,8-9,11-12H2,(H,18,20). The van der Waals surface area contributed by atoms with Crippen molar-refractivity contribution in [3.63, 3.8) is 0 Å². The predicted molar refractivity (Wildman–Crippen MR) is 88.9 cm³/mol. The molecule has 126 valence electrons. The molecular formula is C17H18N2O4S. The molecule has 2 N–H and O–H groups in total. The number of nitrogens with one attached hydrogen (secondary N) is 1. The normalized spacial score (nSPS) is 14.9. The van der Waals surface area contributed by atoms with E-state index in [2.05, 4.69) is 0 Å². The smallest absolute Gasteiger partial charge is 0.274 e. The number of fused-ring (bicyclic) bond motifs is 1. The topological polar surface area (TPSA) is 86.7 Å². The molecule has 2 aromatic carbocycles. The van der Waals surface area contributed by atoms with E-state index in [1.165, 1.54) is 4.31 Å². The molecule has 0 spiro atoms. The van der Waals surface area contributed by atoms with Crippen molar-refractivity contribution in [1.29, 1.82) is 0 Å². The third kappa shape index (κ3) is 3.48. The van der Waals surface area contributed by atoms with Gasteiger partial charge in [0, 0.05) is 18.7 Å². The van der Waals surface area contributed by atoms with Gasteiger partial charge in [0.25, 0.3) is 5.91 Å². The molecule has 0 radical (unpaired) electrons. The summed E-state index contributed by atoms with van der Waals surface area (Å²) in [5.74, 6) is -0.651. The lowest BCUT2D eigenvalue weighted by atomic mass is 9.98. The van der Waals surface area contributed by atoms with Gasteiger partial charge in [-0.1, -0.05) is 36.4 Å². The van der Waals surface area contributed by atoms with Gasteiger partial charge >= 0.3 is 0 Å². The highest BCUT2D eigenvalue weighted by Gasteiger charge is 2.27. The van der Waals surface area contributed by atoms with Crippen molar-refractivity contribution in [2.24, 2.45) is 0 Å². The number of amides is 1. The van der Waals surface area contributed by atoms with Crippen LogP contribution < -0.4 is 5.48 Å². The maximum atomic E-state index is 12.6. The Morgan fingerprint density at radius 3 is 2.58 bits per heavy atom. The average Bonchev–Trinajstić information content (AvgIpc) is 2.60. The molecule has 0 unspecified atom stereocenters. The molecule has 0 aromatic heterocycles. The van der Waals surface area contributed by atoms with Crippen molar-refractivity contribution >= 4 is 15.9 Å². The number of benzene rings is 2. The fraction of sp³-hybridized carbons (Fsp3) is 0.235. The third-order valence-electron chi connectivity index (χ3n) is 4.13. The maximum Gasteiger partial charge on any atom is 0.274 e. The first-order chi connectivity index (χ1) is 11.5. The minimum absolute atomic E-state index is 0.0417. The Morgan fingerprint density at radius 1 is 1.12 bits per heavy atom. The molecule has 0 saturated carbocycles. The van der Waals surface area contributed by atoms with Gasteiger partial charge in [-0.15, -0.1) is 0 Å². The van der Waals surface area contributed by atoms with Crippen molar-refractivity contribution in [2.75, 3.05) is 6.54 Å². The first kappa shape index (κ1) is 16.6. The summed E-state index contributed by atoms with van der Waals surface area (Å²) in [4.78, 5) is 11.5.